The van der Waals surface area contributed by atoms with E-state index in [4.69, 9.17) is 0 Å². The van der Waals surface area contributed by atoms with Crippen LogP contribution in [0, 0.1) is 16.7 Å². The fraction of sp³-hybridized carbons (Fsp3) is 0.929. The van der Waals surface area contributed by atoms with Crippen LogP contribution in [0.2, 0.25) is 0 Å². The summed E-state index contributed by atoms with van der Waals surface area (Å²) in [5, 5.41) is 9.59. The molecular weight excluding hydrogens is 200 g/mol. The summed E-state index contributed by atoms with van der Waals surface area (Å²) in [4.78, 5) is 11.6. The monoisotopic (exact) mass is 224 g/mol. The summed E-state index contributed by atoms with van der Waals surface area (Å²) in [6.07, 6.45) is 8.79. The van der Waals surface area contributed by atoms with Crippen LogP contribution in [0.15, 0.2) is 0 Å². The van der Waals surface area contributed by atoms with Crippen molar-refractivity contribution < 1.29 is 9.90 Å². The minimum atomic E-state index is -0.521. The zero-order valence-corrected chi connectivity index (χ0v) is 10.6. The first kappa shape index (κ1) is 11.9. The zero-order valence-electron chi connectivity index (χ0n) is 10.6. The topological polar surface area (TPSA) is 37.3 Å². The van der Waals surface area contributed by atoms with Crippen LogP contribution in [-0.2, 0) is 4.79 Å². The lowest BCUT2D eigenvalue weighted by Crippen LogP contribution is -2.40. The maximum atomic E-state index is 11.6. The van der Waals surface area contributed by atoms with Crippen molar-refractivity contribution in [3.8, 4) is 0 Å². The molecule has 2 heteroatoms. The number of hydrogen-bond donors (Lipinski definition) is 1. The zero-order chi connectivity index (χ0) is 11.8. The molecule has 16 heavy (non-hydrogen) atoms. The number of aliphatic carboxylic acids is 1. The summed E-state index contributed by atoms with van der Waals surface area (Å²) in [7, 11) is 0. The van der Waals surface area contributed by atoms with Gasteiger partial charge in [0.2, 0.25) is 0 Å². The van der Waals surface area contributed by atoms with Gasteiger partial charge in [-0.2, -0.15) is 0 Å². The largest absolute Gasteiger partial charge is 0.481 e. The minimum absolute atomic E-state index is 0.355. The quantitative estimate of drug-likeness (QED) is 0.773. The van der Waals surface area contributed by atoms with Crippen LogP contribution in [0.3, 0.4) is 0 Å². The Hall–Kier alpha value is -0.530. The smallest absolute Gasteiger partial charge is 0.309 e. The van der Waals surface area contributed by atoms with Gasteiger partial charge in [-0.05, 0) is 43.4 Å². The normalized spacial score (nSPS) is 32.5. The maximum Gasteiger partial charge on any atom is 0.309 e. The van der Waals surface area contributed by atoms with Gasteiger partial charge in [-0.25, -0.2) is 0 Å². The van der Waals surface area contributed by atoms with Gasteiger partial charge in [0.15, 0.2) is 0 Å². The maximum absolute atomic E-state index is 11.6. The number of hydrogen-bond acceptors (Lipinski definition) is 1. The number of carbonyl (C=O) groups is 1. The highest BCUT2D eigenvalue weighted by molar-refractivity contribution is 5.75. The van der Waals surface area contributed by atoms with E-state index in [1.165, 1.54) is 12.8 Å². The van der Waals surface area contributed by atoms with Gasteiger partial charge in [0.25, 0.3) is 0 Å². The highest BCUT2D eigenvalue weighted by atomic mass is 16.4. The molecule has 92 valence electrons. The van der Waals surface area contributed by atoms with Crippen LogP contribution >= 0.6 is 0 Å². The molecule has 2 saturated carbocycles. The molecule has 1 atom stereocenters. The Bertz CT molecular complexity index is 274. The summed E-state index contributed by atoms with van der Waals surface area (Å²) in [5.74, 6) is -0.0936. The fourth-order valence-electron chi connectivity index (χ4n) is 3.97. The highest BCUT2D eigenvalue weighted by Crippen LogP contribution is 2.53. The molecule has 1 unspecified atom stereocenters. The van der Waals surface area contributed by atoms with Crippen molar-refractivity contribution in [3.05, 3.63) is 0 Å². The average Bonchev–Trinajstić information content (AvgIpc) is 2.65. The van der Waals surface area contributed by atoms with Crippen molar-refractivity contribution in [1.29, 1.82) is 0 Å². The number of rotatable bonds is 2. The Balaban J connectivity index is 2.17. The first-order valence-corrected chi connectivity index (χ1v) is 6.70. The van der Waals surface area contributed by atoms with Crippen LogP contribution in [-0.4, -0.2) is 11.1 Å². The van der Waals surface area contributed by atoms with Crippen LogP contribution in [0.5, 0.6) is 0 Å². The van der Waals surface area contributed by atoms with E-state index in [1.54, 1.807) is 0 Å². The molecule has 2 fully saturated rings. The van der Waals surface area contributed by atoms with E-state index in [0.717, 1.165) is 38.5 Å². The fourth-order valence-corrected chi connectivity index (χ4v) is 3.97. The molecule has 0 aliphatic heterocycles. The molecule has 2 nitrogen and oxygen atoms in total. The second kappa shape index (κ2) is 4.05. The molecule has 0 bridgehead atoms. The Labute approximate surface area is 98.4 Å². The molecule has 0 radical (unpaired) electrons. The predicted octanol–water partition coefficient (Wildman–Crippen LogP) is 3.85. The van der Waals surface area contributed by atoms with Crippen molar-refractivity contribution in [2.45, 2.75) is 65.2 Å². The predicted molar refractivity (Wildman–Crippen MR) is 64.3 cm³/mol. The van der Waals surface area contributed by atoms with E-state index in [0.29, 0.717) is 11.3 Å². The van der Waals surface area contributed by atoms with E-state index >= 15 is 0 Å². The lowest BCUT2D eigenvalue weighted by Gasteiger charge is -2.43. The van der Waals surface area contributed by atoms with Gasteiger partial charge in [-0.3, -0.25) is 4.79 Å². The van der Waals surface area contributed by atoms with Crippen molar-refractivity contribution in [3.63, 3.8) is 0 Å². The molecule has 0 heterocycles. The molecule has 0 aromatic carbocycles. The minimum Gasteiger partial charge on any atom is -0.481 e. The van der Waals surface area contributed by atoms with Gasteiger partial charge in [0.1, 0.15) is 0 Å². The molecule has 0 aromatic rings. The van der Waals surface area contributed by atoms with Gasteiger partial charge in [-0.15, -0.1) is 0 Å². The summed E-state index contributed by atoms with van der Waals surface area (Å²) in [6, 6.07) is 0. The average molecular weight is 224 g/mol. The molecule has 1 N–H and O–H groups in total. The van der Waals surface area contributed by atoms with E-state index in [2.05, 4.69) is 13.8 Å². The van der Waals surface area contributed by atoms with Gasteiger partial charge in [0.05, 0.1) is 5.41 Å². The summed E-state index contributed by atoms with van der Waals surface area (Å²) in [5.41, 5.74) is -0.00829. The van der Waals surface area contributed by atoms with Crippen LogP contribution in [0.25, 0.3) is 0 Å². The molecule has 0 spiro atoms. The molecule has 2 aliphatic carbocycles. The lowest BCUT2D eigenvalue weighted by atomic mass is 9.61. The van der Waals surface area contributed by atoms with Gasteiger partial charge in [0, 0.05) is 0 Å². The van der Waals surface area contributed by atoms with Gasteiger partial charge < -0.3 is 5.11 Å². The van der Waals surface area contributed by atoms with Crippen molar-refractivity contribution >= 4 is 5.97 Å². The molecule has 2 rings (SSSR count). The first-order valence-electron chi connectivity index (χ1n) is 6.70. The molecule has 0 aromatic heterocycles. The SMILES string of the molecule is CC1(C)CCCC(C2(C(=O)O)CCCC2)C1. The van der Waals surface area contributed by atoms with E-state index in [-0.39, 0.29) is 5.41 Å². The van der Waals surface area contributed by atoms with E-state index < -0.39 is 5.97 Å². The summed E-state index contributed by atoms with van der Waals surface area (Å²) in [6.45, 7) is 4.59. The second-order valence-corrected chi connectivity index (χ2v) is 6.63. The Morgan fingerprint density at radius 1 is 1.12 bits per heavy atom. The second-order valence-electron chi connectivity index (χ2n) is 6.63. The highest BCUT2D eigenvalue weighted by Gasteiger charge is 2.49. The van der Waals surface area contributed by atoms with Crippen molar-refractivity contribution in [1.82, 2.24) is 0 Å². The van der Waals surface area contributed by atoms with Crippen molar-refractivity contribution in [2.75, 3.05) is 0 Å². The third kappa shape index (κ3) is 1.99. The van der Waals surface area contributed by atoms with Gasteiger partial charge in [-0.1, -0.05) is 33.1 Å². The Kier molecular flexibility index (Phi) is 3.02. The van der Waals surface area contributed by atoms with Crippen LogP contribution < -0.4 is 0 Å². The number of carboxylic acid groups (broad SMARTS) is 1. The van der Waals surface area contributed by atoms with Gasteiger partial charge >= 0.3 is 5.97 Å². The Morgan fingerprint density at radius 2 is 1.75 bits per heavy atom. The Morgan fingerprint density at radius 3 is 2.25 bits per heavy atom. The molecule has 0 amide bonds. The molecule has 0 saturated heterocycles. The first-order chi connectivity index (χ1) is 7.46. The van der Waals surface area contributed by atoms with Crippen LogP contribution in [0.1, 0.15) is 65.2 Å². The standard InChI is InChI=1S/C14H24O2/c1-13(2)7-5-6-11(10-13)14(12(15)16)8-3-4-9-14/h11H,3-10H2,1-2H3,(H,15,16). The van der Waals surface area contributed by atoms with E-state index in [1.807, 2.05) is 0 Å². The summed E-state index contributed by atoms with van der Waals surface area (Å²) < 4.78 is 0. The molecular formula is C14H24O2. The lowest BCUT2D eigenvalue weighted by molar-refractivity contribution is -0.154. The van der Waals surface area contributed by atoms with Crippen LogP contribution in [0.4, 0.5) is 0 Å². The third-order valence-corrected chi connectivity index (χ3v) is 4.91. The summed E-state index contributed by atoms with van der Waals surface area (Å²) >= 11 is 0. The molecule has 2 aliphatic rings. The third-order valence-electron chi connectivity index (χ3n) is 4.91. The van der Waals surface area contributed by atoms with Crippen molar-refractivity contribution in [2.24, 2.45) is 16.7 Å². The number of carboxylic acids is 1. The van der Waals surface area contributed by atoms with E-state index in [9.17, 15) is 9.90 Å².